The molecule has 0 aromatic heterocycles. The minimum Gasteiger partial charge on any atom is -0.503 e. The van der Waals surface area contributed by atoms with E-state index in [0.717, 1.165) is 0 Å². The molecule has 0 unspecified atom stereocenters. The van der Waals surface area contributed by atoms with Gasteiger partial charge in [-0.05, 0) is 39.5 Å². The van der Waals surface area contributed by atoms with E-state index in [-0.39, 0.29) is 23.3 Å². The first kappa shape index (κ1) is 16.4. The Labute approximate surface area is 138 Å². The summed E-state index contributed by atoms with van der Waals surface area (Å²) in [6, 6.07) is 13.1. The number of phenolic OH excluding ortho intramolecular Hbond substituents is 1. The molecule has 0 spiro atoms. The lowest BCUT2D eigenvalue weighted by Crippen LogP contribution is -2.27. The fourth-order valence-electron chi connectivity index (χ4n) is 2.11. The highest BCUT2D eigenvalue weighted by Crippen LogP contribution is 2.35. The van der Waals surface area contributed by atoms with E-state index < -0.39 is 0 Å². The van der Waals surface area contributed by atoms with Crippen molar-refractivity contribution in [2.45, 2.75) is 12.8 Å². The molecule has 1 atom stereocenters. The molecule has 5 heteroatoms. The molecule has 22 heavy (non-hydrogen) atoms. The topological polar surface area (TPSA) is 58.6 Å². The van der Waals surface area contributed by atoms with Gasteiger partial charge in [0.1, 0.15) is 0 Å². The van der Waals surface area contributed by atoms with E-state index >= 15 is 0 Å². The van der Waals surface area contributed by atoms with E-state index in [9.17, 15) is 9.90 Å². The smallest absolute Gasteiger partial charge is 0.251 e. The van der Waals surface area contributed by atoms with E-state index in [1.54, 1.807) is 6.07 Å². The Hall–Kier alpha value is -2.01. The van der Waals surface area contributed by atoms with Gasteiger partial charge in [0.15, 0.2) is 11.5 Å². The van der Waals surface area contributed by atoms with Crippen LogP contribution in [0.25, 0.3) is 0 Å². The van der Waals surface area contributed by atoms with Crippen molar-refractivity contribution in [3.05, 3.63) is 58.1 Å². The molecule has 0 aliphatic rings. The van der Waals surface area contributed by atoms with E-state index in [0.29, 0.717) is 16.6 Å². The lowest BCUT2D eigenvalue weighted by Gasteiger charge is -2.14. The van der Waals surface area contributed by atoms with Gasteiger partial charge >= 0.3 is 0 Å². The third-order valence-corrected chi connectivity index (χ3v) is 4.05. The van der Waals surface area contributed by atoms with Gasteiger partial charge in [0.05, 0.1) is 11.6 Å². The Bertz CT molecular complexity index is 658. The predicted molar refractivity (Wildman–Crippen MR) is 89.5 cm³/mol. The zero-order chi connectivity index (χ0) is 16.1. The van der Waals surface area contributed by atoms with Crippen molar-refractivity contribution in [2.24, 2.45) is 0 Å². The molecule has 116 valence electrons. The third kappa shape index (κ3) is 3.80. The molecule has 2 N–H and O–H groups in total. The summed E-state index contributed by atoms with van der Waals surface area (Å²) in [5.74, 6) is 0.252. The molecule has 4 nitrogen and oxygen atoms in total. The molecular formula is C17H18BrNO3. The monoisotopic (exact) mass is 363 g/mol. The Morgan fingerprint density at radius 2 is 2.00 bits per heavy atom. The summed E-state index contributed by atoms with van der Waals surface area (Å²) in [5, 5.41) is 12.7. The minimum absolute atomic E-state index is 0.0169. The number of benzene rings is 2. The summed E-state index contributed by atoms with van der Waals surface area (Å²) in [6.07, 6.45) is 0. The van der Waals surface area contributed by atoms with Crippen LogP contribution in [0.4, 0.5) is 0 Å². The van der Waals surface area contributed by atoms with Crippen LogP contribution in [-0.4, -0.2) is 24.7 Å². The average molecular weight is 364 g/mol. The maximum absolute atomic E-state index is 12.2. The van der Waals surface area contributed by atoms with Crippen molar-refractivity contribution in [2.75, 3.05) is 13.7 Å². The van der Waals surface area contributed by atoms with Crippen LogP contribution in [-0.2, 0) is 0 Å². The van der Waals surface area contributed by atoms with E-state index in [1.807, 2.05) is 30.3 Å². The van der Waals surface area contributed by atoms with Crippen molar-refractivity contribution >= 4 is 21.8 Å². The number of rotatable bonds is 5. The summed E-state index contributed by atoms with van der Waals surface area (Å²) in [4.78, 5) is 12.2. The number of hydrogen-bond donors (Lipinski definition) is 2. The van der Waals surface area contributed by atoms with Gasteiger partial charge in [-0.15, -0.1) is 0 Å². The van der Waals surface area contributed by atoms with E-state index in [1.165, 1.54) is 18.7 Å². The molecule has 0 aliphatic heterocycles. The molecule has 0 radical (unpaired) electrons. The fraction of sp³-hybridized carbons (Fsp3) is 0.235. The minimum atomic E-state index is -0.207. The second-order valence-electron chi connectivity index (χ2n) is 5.03. The number of nitrogens with one attached hydrogen (secondary N) is 1. The van der Waals surface area contributed by atoms with Crippen molar-refractivity contribution < 1.29 is 14.6 Å². The maximum atomic E-state index is 12.2. The van der Waals surface area contributed by atoms with Crippen LogP contribution in [0.5, 0.6) is 11.5 Å². The fourth-order valence-corrected chi connectivity index (χ4v) is 2.55. The first-order valence-corrected chi connectivity index (χ1v) is 7.72. The normalized spacial score (nSPS) is 11.8. The quantitative estimate of drug-likeness (QED) is 0.851. The molecule has 2 aromatic rings. The second kappa shape index (κ2) is 7.31. The highest BCUT2D eigenvalue weighted by atomic mass is 79.9. The van der Waals surface area contributed by atoms with Crippen LogP contribution in [0.3, 0.4) is 0 Å². The second-order valence-corrected chi connectivity index (χ2v) is 5.89. The van der Waals surface area contributed by atoms with E-state index in [2.05, 4.69) is 28.2 Å². The van der Waals surface area contributed by atoms with Gasteiger partial charge < -0.3 is 15.2 Å². The lowest BCUT2D eigenvalue weighted by molar-refractivity contribution is 0.0951. The zero-order valence-electron chi connectivity index (χ0n) is 12.5. The van der Waals surface area contributed by atoms with Gasteiger partial charge in [0.2, 0.25) is 0 Å². The molecular weight excluding hydrogens is 346 g/mol. The number of hydrogen-bond acceptors (Lipinski definition) is 3. The number of aromatic hydroxyl groups is 1. The molecule has 1 amide bonds. The molecule has 0 fully saturated rings. The van der Waals surface area contributed by atoms with Crippen LogP contribution in [0.15, 0.2) is 46.9 Å². The SMILES string of the molecule is COc1cc(C(=O)NC[C@@H](C)c2ccccc2)cc(Br)c1O. The highest BCUT2D eigenvalue weighted by Gasteiger charge is 2.14. The number of methoxy groups -OCH3 is 1. The Kier molecular flexibility index (Phi) is 5.44. The molecule has 0 heterocycles. The zero-order valence-corrected chi connectivity index (χ0v) is 14.1. The molecule has 2 aromatic carbocycles. The first-order chi connectivity index (χ1) is 10.5. The van der Waals surface area contributed by atoms with Crippen LogP contribution >= 0.6 is 15.9 Å². The average Bonchev–Trinajstić information content (AvgIpc) is 2.55. The van der Waals surface area contributed by atoms with Gasteiger partial charge in [0, 0.05) is 12.1 Å². The molecule has 0 saturated carbocycles. The summed E-state index contributed by atoms with van der Waals surface area (Å²) in [5.41, 5.74) is 1.61. The van der Waals surface area contributed by atoms with Crippen LogP contribution in [0, 0.1) is 0 Å². The number of phenols is 1. The summed E-state index contributed by atoms with van der Waals surface area (Å²) < 4.78 is 5.48. The lowest BCUT2D eigenvalue weighted by atomic mass is 10.0. The van der Waals surface area contributed by atoms with Crippen LogP contribution in [0.2, 0.25) is 0 Å². The summed E-state index contributed by atoms with van der Waals surface area (Å²) in [7, 11) is 1.45. The number of carbonyl (C=O) groups excluding carboxylic acids is 1. The summed E-state index contributed by atoms with van der Waals surface area (Å²) in [6.45, 7) is 2.59. The van der Waals surface area contributed by atoms with Gasteiger partial charge in [-0.25, -0.2) is 0 Å². The van der Waals surface area contributed by atoms with Gasteiger partial charge in [-0.2, -0.15) is 0 Å². The van der Waals surface area contributed by atoms with Crippen molar-refractivity contribution in [1.29, 1.82) is 0 Å². The van der Waals surface area contributed by atoms with Crippen molar-refractivity contribution in [3.8, 4) is 11.5 Å². The van der Waals surface area contributed by atoms with Gasteiger partial charge in [0.25, 0.3) is 5.91 Å². The number of ether oxygens (including phenoxy) is 1. The Morgan fingerprint density at radius 3 is 2.64 bits per heavy atom. The maximum Gasteiger partial charge on any atom is 0.251 e. The molecule has 0 saturated heterocycles. The third-order valence-electron chi connectivity index (χ3n) is 3.45. The molecule has 0 aliphatic carbocycles. The molecule has 0 bridgehead atoms. The van der Waals surface area contributed by atoms with Crippen molar-refractivity contribution in [1.82, 2.24) is 5.32 Å². The Morgan fingerprint density at radius 1 is 1.32 bits per heavy atom. The molecule has 2 rings (SSSR count). The van der Waals surface area contributed by atoms with Crippen molar-refractivity contribution in [3.63, 3.8) is 0 Å². The number of carbonyl (C=O) groups is 1. The highest BCUT2D eigenvalue weighted by molar-refractivity contribution is 9.10. The Balaban J connectivity index is 2.05. The first-order valence-electron chi connectivity index (χ1n) is 6.92. The predicted octanol–water partition coefficient (Wildman–Crippen LogP) is 3.70. The number of amides is 1. The van der Waals surface area contributed by atoms with Gasteiger partial charge in [-0.1, -0.05) is 37.3 Å². The van der Waals surface area contributed by atoms with Crippen LogP contribution < -0.4 is 10.1 Å². The summed E-state index contributed by atoms with van der Waals surface area (Å²) >= 11 is 3.21. The largest absolute Gasteiger partial charge is 0.503 e. The standard InChI is InChI=1S/C17H18BrNO3/c1-11(12-6-4-3-5-7-12)10-19-17(21)13-8-14(18)16(20)15(9-13)22-2/h3-9,11,20H,10H2,1-2H3,(H,19,21)/t11-/m1/s1. The number of halogens is 1. The van der Waals surface area contributed by atoms with Crippen LogP contribution in [0.1, 0.15) is 28.8 Å². The van der Waals surface area contributed by atoms with Gasteiger partial charge in [-0.3, -0.25) is 4.79 Å². The van der Waals surface area contributed by atoms with E-state index in [4.69, 9.17) is 4.74 Å².